The Morgan fingerprint density at radius 3 is 2.65 bits per heavy atom. The second-order valence-corrected chi connectivity index (χ2v) is 6.62. The quantitative estimate of drug-likeness (QED) is 0.822. The zero-order valence-corrected chi connectivity index (χ0v) is 15.0. The Bertz CT molecular complexity index is 854. The van der Waals surface area contributed by atoms with E-state index in [0.29, 0.717) is 42.0 Å². The van der Waals surface area contributed by atoms with Gasteiger partial charge in [-0.3, -0.25) is 4.79 Å². The number of nitrogens with zero attached hydrogens (tertiary/aromatic N) is 1. The number of fused-ring (bicyclic) bond motifs is 2. The van der Waals surface area contributed by atoms with E-state index in [1.807, 2.05) is 24.3 Å². The molecule has 2 aromatic carbocycles. The molecular formula is C19H18ClNO5. The molecule has 0 N–H and O–H groups in total. The minimum absolute atomic E-state index is 0.0181. The maximum Gasteiger partial charge on any atom is 0.231 e. The lowest BCUT2D eigenvalue weighted by Gasteiger charge is -2.21. The lowest BCUT2D eigenvalue weighted by molar-refractivity contribution is -0.129. The van der Waals surface area contributed by atoms with E-state index in [9.17, 15) is 4.79 Å². The molecule has 0 radical (unpaired) electrons. The maximum atomic E-state index is 12.6. The molecule has 7 heteroatoms. The fraction of sp³-hybridized carbons (Fsp3) is 0.316. The number of halogens is 1. The summed E-state index contributed by atoms with van der Waals surface area (Å²) in [5.74, 6) is 2.55. The highest BCUT2D eigenvalue weighted by Crippen LogP contribution is 2.38. The highest BCUT2D eigenvalue weighted by Gasteiger charge is 2.19. The first kappa shape index (κ1) is 16.8. The SMILES string of the molecule is CN(Cc1ccc2c(c1)OCO2)C(=O)Cc1cc(Cl)c2c(c1)OCCO2. The molecule has 1 amide bonds. The molecule has 0 unspecified atom stereocenters. The summed E-state index contributed by atoms with van der Waals surface area (Å²) in [4.78, 5) is 14.3. The van der Waals surface area contributed by atoms with Gasteiger partial charge in [-0.25, -0.2) is 0 Å². The van der Waals surface area contributed by atoms with Gasteiger partial charge in [0.1, 0.15) is 13.2 Å². The van der Waals surface area contributed by atoms with Gasteiger partial charge in [0, 0.05) is 13.6 Å². The van der Waals surface area contributed by atoms with Gasteiger partial charge < -0.3 is 23.8 Å². The molecule has 2 heterocycles. The molecule has 2 aromatic rings. The lowest BCUT2D eigenvalue weighted by atomic mass is 10.1. The minimum atomic E-state index is -0.0181. The van der Waals surface area contributed by atoms with Crippen molar-refractivity contribution in [3.05, 3.63) is 46.5 Å². The van der Waals surface area contributed by atoms with E-state index in [2.05, 4.69) is 0 Å². The number of likely N-dealkylation sites (N-methyl/N-ethyl adjacent to an activating group) is 1. The minimum Gasteiger partial charge on any atom is -0.486 e. The van der Waals surface area contributed by atoms with Gasteiger partial charge in [-0.2, -0.15) is 0 Å². The standard InChI is InChI=1S/C19H18ClNO5/c1-21(10-12-2-3-15-16(7-12)26-11-25-15)18(22)9-13-6-14(20)19-17(8-13)23-4-5-24-19/h2-3,6-8H,4-5,9-11H2,1H3. The van der Waals surface area contributed by atoms with Gasteiger partial charge >= 0.3 is 0 Å². The second-order valence-electron chi connectivity index (χ2n) is 6.22. The number of carbonyl (C=O) groups is 1. The highest BCUT2D eigenvalue weighted by atomic mass is 35.5. The third-order valence-electron chi connectivity index (χ3n) is 4.29. The summed E-state index contributed by atoms with van der Waals surface area (Å²) in [6, 6.07) is 9.25. The number of hydrogen-bond acceptors (Lipinski definition) is 5. The Labute approximate surface area is 156 Å². The monoisotopic (exact) mass is 375 g/mol. The molecule has 6 nitrogen and oxygen atoms in total. The van der Waals surface area contributed by atoms with Crippen LogP contribution in [0.25, 0.3) is 0 Å². The predicted octanol–water partition coefficient (Wildman–Crippen LogP) is 3.04. The van der Waals surface area contributed by atoms with E-state index in [-0.39, 0.29) is 19.1 Å². The summed E-state index contributed by atoms with van der Waals surface area (Å²) >= 11 is 6.24. The van der Waals surface area contributed by atoms with Crippen LogP contribution in [0.3, 0.4) is 0 Å². The molecule has 0 spiro atoms. The van der Waals surface area contributed by atoms with Crippen molar-refractivity contribution < 1.29 is 23.7 Å². The molecule has 0 saturated heterocycles. The molecule has 0 aliphatic carbocycles. The smallest absolute Gasteiger partial charge is 0.231 e. The summed E-state index contributed by atoms with van der Waals surface area (Å²) in [6.45, 7) is 1.67. The van der Waals surface area contributed by atoms with Crippen molar-refractivity contribution in [1.82, 2.24) is 4.90 Å². The first-order valence-corrected chi connectivity index (χ1v) is 8.68. The van der Waals surface area contributed by atoms with Gasteiger partial charge in [0.15, 0.2) is 23.0 Å². The van der Waals surface area contributed by atoms with Crippen LogP contribution in [0.2, 0.25) is 5.02 Å². The van der Waals surface area contributed by atoms with Crippen LogP contribution in [-0.2, 0) is 17.8 Å². The van der Waals surface area contributed by atoms with Crippen molar-refractivity contribution in [3.63, 3.8) is 0 Å². The van der Waals surface area contributed by atoms with Crippen LogP contribution >= 0.6 is 11.6 Å². The van der Waals surface area contributed by atoms with E-state index in [1.54, 1.807) is 18.0 Å². The normalized spacial score (nSPS) is 14.2. The number of rotatable bonds is 4. The summed E-state index contributed by atoms with van der Waals surface area (Å²) in [5.41, 5.74) is 1.77. The Kier molecular flexibility index (Phi) is 4.51. The van der Waals surface area contributed by atoms with Crippen LogP contribution in [0.5, 0.6) is 23.0 Å². The maximum absolute atomic E-state index is 12.6. The Morgan fingerprint density at radius 1 is 1.00 bits per heavy atom. The second kappa shape index (κ2) is 6.96. The Hall–Kier alpha value is -2.60. The van der Waals surface area contributed by atoms with E-state index in [1.165, 1.54) is 0 Å². The van der Waals surface area contributed by atoms with Crippen molar-refractivity contribution in [2.75, 3.05) is 27.1 Å². The van der Waals surface area contributed by atoms with Gasteiger partial charge in [0.2, 0.25) is 12.7 Å². The van der Waals surface area contributed by atoms with Crippen molar-refractivity contribution in [3.8, 4) is 23.0 Å². The Balaban J connectivity index is 1.43. The summed E-state index contributed by atoms with van der Waals surface area (Å²) in [5, 5.41) is 0.462. The number of ether oxygens (including phenoxy) is 4. The molecule has 0 aromatic heterocycles. The molecule has 0 bridgehead atoms. The third kappa shape index (κ3) is 3.37. The molecule has 26 heavy (non-hydrogen) atoms. The third-order valence-corrected chi connectivity index (χ3v) is 4.58. The average Bonchev–Trinajstić information content (AvgIpc) is 3.09. The largest absolute Gasteiger partial charge is 0.486 e. The van der Waals surface area contributed by atoms with Crippen LogP contribution in [0.1, 0.15) is 11.1 Å². The summed E-state index contributed by atoms with van der Waals surface area (Å²) in [6.07, 6.45) is 0.234. The van der Waals surface area contributed by atoms with Crippen LogP contribution in [0.4, 0.5) is 0 Å². The number of carbonyl (C=O) groups excluding carboxylic acids is 1. The van der Waals surface area contributed by atoms with E-state index in [4.69, 9.17) is 30.5 Å². The molecule has 4 rings (SSSR count). The molecule has 0 atom stereocenters. The van der Waals surface area contributed by atoms with E-state index < -0.39 is 0 Å². The molecule has 0 saturated carbocycles. The fourth-order valence-corrected chi connectivity index (χ4v) is 3.27. The van der Waals surface area contributed by atoms with Gasteiger partial charge in [-0.1, -0.05) is 17.7 Å². The summed E-state index contributed by atoms with van der Waals surface area (Å²) < 4.78 is 21.7. The van der Waals surface area contributed by atoms with Crippen molar-refractivity contribution in [2.24, 2.45) is 0 Å². The topological polar surface area (TPSA) is 57.2 Å². The van der Waals surface area contributed by atoms with Crippen molar-refractivity contribution in [1.29, 1.82) is 0 Å². The lowest BCUT2D eigenvalue weighted by Crippen LogP contribution is -2.27. The molecule has 0 fully saturated rings. The number of amides is 1. The van der Waals surface area contributed by atoms with Gasteiger partial charge in [0.25, 0.3) is 0 Å². The number of hydrogen-bond donors (Lipinski definition) is 0. The molecular weight excluding hydrogens is 358 g/mol. The molecule has 136 valence electrons. The van der Waals surface area contributed by atoms with Crippen molar-refractivity contribution in [2.45, 2.75) is 13.0 Å². The fourth-order valence-electron chi connectivity index (χ4n) is 2.98. The predicted molar refractivity (Wildman–Crippen MR) is 95.2 cm³/mol. The van der Waals surface area contributed by atoms with Crippen molar-refractivity contribution >= 4 is 17.5 Å². The van der Waals surface area contributed by atoms with Gasteiger partial charge in [0.05, 0.1) is 11.4 Å². The first-order valence-electron chi connectivity index (χ1n) is 8.30. The summed E-state index contributed by atoms with van der Waals surface area (Å²) in [7, 11) is 1.77. The Morgan fingerprint density at radius 2 is 1.77 bits per heavy atom. The zero-order valence-electron chi connectivity index (χ0n) is 14.3. The zero-order chi connectivity index (χ0) is 18.1. The molecule has 2 aliphatic rings. The van der Waals surface area contributed by atoms with Crippen LogP contribution in [0, 0.1) is 0 Å². The first-order chi connectivity index (χ1) is 12.6. The van der Waals surface area contributed by atoms with E-state index in [0.717, 1.165) is 16.9 Å². The number of benzene rings is 2. The van der Waals surface area contributed by atoms with Gasteiger partial charge in [-0.15, -0.1) is 0 Å². The van der Waals surface area contributed by atoms with Crippen LogP contribution < -0.4 is 18.9 Å². The highest BCUT2D eigenvalue weighted by molar-refractivity contribution is 6.32. The van der Waals surface area contributed by atoms with Crippen LogP contribution in [-0.4, -0.2) is 37.9 Å². The molecule has 2 aliphatic heterocycles. The van der Waals surface area contributed by atoms with Crippen LogP contribution in [0.15, 0.2) is 30.3 Å². The van der Waals surface area contributed by atoms with Gasteiger partial charge in [-0.05, 0) is 35.4 Å². The van der Waals surface area contributed by atoms with E-state index >= 15 is 0 Å². The average molecular weight is 376 g/mol.